The SMILES string of the molecule is CCC(=O)NCCC1=c2ccccc2=NC1=Cc1c(O)n([C@@H](C)CC)c(=S)[nH]c1=O. The fraction of sp³-hybridized carbons (Fsp3) is 0.364. The summed E-state index contributed by atoms with van der Waals surface area (Å²) >= 11 is 5.24. The third-order valence-corrected chi connectivity index (χ3v) is 5.56. The van der Waals surface area contributed by atoms with E-state index < -0.39 is 5.56 Å². The molecule has 158 valence electrons. The van der Waals surface area contributed by atoms with Gasteiger partial charge in [-0.1, -0.05) is 32.0 Å². The lowest BCUT2D eigenvalue weighted by Gasteiger charge is -2.17. The number of hydrogen-bond donors (Lipinski definition) is 3. The largest absolute Gasteiger partial charge is 0.494 e. The summed E-state index contributed by atoms with van der Waals surface area (Å²) in [6.45, 7) is 6.17. The van der Waals surface area contributed by atoms with Gasteiger partial charge in [-0.15, -0.1) is 0 Å². The van der Waals surface area contributed by atoms with E-state index in [4.69, 9.17) is 12.2 Å². The molecule has 3 rings (SSSR count). The van der Waals surface area contributed by atoms with Crippen molar-refractivity contribution in [3.05, 3.63) is 61.2 Å². The second-order valence-corrected chi connectivity index (χ2v) is 7.60. The summed E-state index contributed by atoms with van der Waals surface area (Å²) in [5, 5.41) is 15.4. The average Bonchev–Trinajstić information content (AvgIpc) is 3.07. The van der Waals surface area contributed by atoms with Gasteiger partial charge >= 0.3 is 0 Å². The summed E-state index contributed by atoms with van der Waals surface area (Å²) in [5.41, 5.74) is 1.16. The first-order chi connectivity index (χ1) is 14.4. The summed E-state index contributed by atoms with van der Waals surface area (Å²) in [6, 6.07) is 7.62. The number of hydrogen-bond acceptors (Lipinski definition) is 5. The average molecular weight is 427 g/mol. The van der Waals surface area contributed by atoms with Crippen LogP contribution in [0.3, 0.4) is 0 Å². The summed E-state index contributed by atoms with van der Waals surface area (Å²) in [4.78, 5) is 31.5. The van der Waals surface area contributed by atoms with Gasteiger partial charge in [0.25, 0.3) is 5.56 Å². The van der Waals surface area contributed by atoms with E-state index in [1.807, 2.05) is 38.1 Å². The van der Waals surface area contributed by atoms with Gasteiger partial charge < -0.3 is 10.4 Å². The van der Waals surface area contributed by atoms with Crippen molar-refractivity contribution < 1.29 is 9.90 Å². The van der Waals surface area contributed by atoms with Crippen molar-refractivity contribution in [2.45, 2.75) is 46.1 Å². The minimum Gasteiger partial charge on any atom is -0.494 e. The minimum atomic E-state index is -0.464. The number of aromatic hydroxyl groups is 1. The van der Waals surface area contributed by atoms with E-state index in [0.29, 0.717) is 25.1 Å². The standard InChI is InChI=1S/C22H26N4O3S/c1-4-13(3)26-21(29)16(20(28)25-22(26)30)12-18-15(10-11-23-19(27)5-2)14-8-6-7-9-17(14)24-18/h6-9,12-13,29H,4-5,10-11H2,1-3H3,(H,23,27)(H,25,28,30)/t13-/m0/s1. The molecule has 30 heavy (non-hydrogen) atoms. The number of aromatic nitrogens is 2. The first-order valence-electron chi connectivity index (χ1n) is 10.1. The van der Waals surface area contributed by atoms with Gasteiger partial charge in [-0.05, 0) is 49.7 Å². The van der Waals surface area contributed by atoms with Gasteiger partial charge in [0, 0.05) is 24.2 Å². The summed E-state index contributed by atoms with van der Waals surface area (Å²) in [7, 11) is 0. The Bertz CT molecular complexity index is 1240. The Morgan fingerprint density at radius 1 is 1.37 bits per heavy atom. The van der Waals surface area contributed by atoms with Crippen molar-refractivity contribution in [2.24, 2.45) is 4.99 Å². The van der Waals surface area contributed by atoms with Gasteiger partial charge in [0.15, 0.2) is 4.77 Å². The summed E-state index contributed by atoms with van der Waals surface area (Å²) in [6.07, 6.45) is 3.32. The second-order valence-electron chi connectivity index (χ2n) is 7.21. The van der Waals surface area contributed by atoms with Crippen LogP contribution in [-0.4, -0.2) is 27.1 Å². The molecule has 1 aromatic heterocycles. The zero-order valence-corrected chi connectivity index (χ0v) is 18.2. The molecule has 0 aliphatic carbocycles. The third kappa shape index (κ3) is 4.28. The molecule has 1 aromatic carbocycles. The number of rotatable bonds is 7. The Hall–Kier alpha value is -3.00. The number of para-hydroxylation sites is 1. The van der Waals surface area contributed by atoms with Crippen molar-refractivity contribution in [2.75, 3.05) is 6.54 Å². The van der Waals surface area contributed by atoms with Gasteiger partial charge in [-0.3, -0.25) is 19.1 Å². The predicted molar refractivity (Wildman–Crippen MR) is 119 cm³/mol. The lowest BCUT2D eigenvalue weighted by atomic mass is 10.1. The molecule has 3 N–H and O–H groups in total. The van der Waals surface area contributed by atoms with Crippen molar-refractivity contribution in [3.8, 4) is 5.88 Å². The van der Waals surface area contributed by atoms with E-state index in [1.54, 1.807) is 17.6 Å². The molecule has 1 aliphatic heterocycles. The Balaban J connectivity index is 2.11. The predicted octanol–water partition coefficient (Wildman–Crippen LogP) is 2.32. The number of H-pyrrole nitrogens is 1. The second kappa shape index (κ2) is 9.21. The van der Waals surface area contributed by atoms with Crippen LogP contribution < -0.4 is 21.5 Å². The van der Waals surface area contributed by atoms with Gasteiger partial charge in [0.2, 0.25) is 11.8 Å². The highest BCUT2D eigenvalue weighted by Gasteiger charge is 2.18. The van der Waals surface area contributed by atoms with Crippen molar-refractivity contribution in [1.29, 1.82) is 0 Å². The molecule has 0 fully saturated rings. The van der Waals surface area contributed by atoms with Crippen LogP contribution in [-0.2, 0) is 4.79 Å². The maximum atomic E-state index is 12.6. The van der Waals surface area contributed by atoms with Crippen LogP contribution in [0, 0.1) is 4.77 Å². The zero-order chi connectivity index (χ0) is 21.8. The van der Waals surface area contributed by atoms with Gasteiger partial charge in [0.05, 0.1) is 11.1 Å². The Labute approximate surface area is 179 Å². The first-order valence-corrected chi connectivity index (χ1v) is 10.5. The molecule has 1 atom stereocenters. The first kappa shape index (κ1) is 21.7. The van der Waals surface area contributed by atoms with E-state index in [1.165, 1.54) is 0 Å². The Morgan fingerprint density at radius 2 is 2.10 bits per heavy atom. The number of nitrogens with one attached hydrogen (secondary N) is 2. The topological polar surface area (TPSA) is 99.5 Å². The normalized spacial score (nSPS) is 15.0. The van der Waals surface area contributed by atoms with Crippen LogP contribution in [0.4, 0.5) is 0 Å². The van der Waals surface area contributed by atoms with E-state index in [9.17, 15) is 14.7 Å². The lowest BCUT2D eigenvalue weighted by molar-refractivity contribution is -0.120. The molecule has 0 saturated heterocycles. The quantitative estimate of drug-likeness (QED) is 0.592. The van der Waals surface area contributed by atoms with E-state index in [2.05, 4.69) is 15.3 Å². The molecule has 0 saturated carbocycles. The fourth-order valence-electron chi connectivity index (χ4n) is 3.41. The van der Waals surface area contributed by atoms with E-state index in [-0.39, 0.29) is 28.2 Å². The van der Waals surface area contributed by atoms with E-state index >= 15 is 0 Å². The van der Waals surface area contributed by atoms with Crippen LogP contribution in [0.15, 0.2) is 39.7 Å². The Morgan fingerprint density at radius 3 is 2.80 bits per heavy atom. The van der Waals surface area contributed by atoms with Gasteiger partial charge in [-0.2, -0.15) is 0 Å². The van der Waals surface area contributed by atoms with Crippen LogP contribution in [0.25, 0.3) is 11.6 Å². The van der Waals surface area contributed by atoms with Crippen LogP contribution in [0.5, 0.6) is 5.88 Å². The molecule has 8 heteroatoms. The zero-order valence-electron chi connectivity index (χ0n) is 17.4. The molecule has 0 spiro atoms. The van der Waals surface area contributed by atoms with Crippen LogP contribution >= 0.6 is 12.2 Å². The molecular formula is C22H26N4O3S. The monoisotopic (exact) mass is 426 g/mol. The van der Waals surface area contributed by atoms with Crippen molar-refractivity contribution >= 4 is 29.8 Å². The van der Waals surface area contributed by atoms with Crippen LogP contribution in [0.1, 0.15) is 51.6 Å². The molecule has 7 nitrogen and oxygen atoms in total. The fourth-order valence-corrected chi connectivity index (χ4v) is 3.77. The minimum absolute atomic E-state index is 0.0194. The molecule has 2 aromatic rings. The highest BCUT2D eigenvalue weighted by Crippen LogP contribution is 2.26. The number of aromatic amines is 1. The number of carbonyl (C=O) groups excluding carboxylic acids is 1. The molecule has 1 amide bonds. The maximum absolute atomic E-state index is 12.6. The molecule has 0 radical (unpaired) electrons. The van der Waals surface area contributed by atoms with Crippen molar-refractivity contribution in [3.63, 3.8) is 0 Å². The number of allylic oxidation sites excluding steroid dienone is 1. The third-order valence-electron chi connectivity index (χ3n) is 5.26. The smallest absolute Gasteiger partial charge is 0.262 e. The summed E-state index contributed by atoms with van der Waals surface area (Å²) in [5.74, 6) is -0.190. The highest BCUT2D eigenvalue weighted by molar-refractivity contribution is 7.71. The molecule has 0 bridgehead atoms. The van der Waals surface area contributed by atoms with Crippen molar-refractivity contribution in [1.82, 2.24) is 14.9 Å². The number of benzene rings is 1. The summed E-state index contributed by atoms with van der Waals surface area (Å²) < 4.78 is 1.74. The van der Waals surface area contributed by atoms with Gasteiger partial charge in [-0.25, -0.2) is 4.99 Å². The van der Waals surface area contributed by atoms with Crippen LogP contribution in [0.2, 0.25) is 0 Å². The Kier molecular flexibility index (Phi) is 6.66. The van der Waals surface area contributed by atoms with Gasteiger partial charge in [0.1, 0.15) is 5.56 Å². The highest BCUT2D eigenvalue weighted by atomic mass is 32.1. The number of carbonyl (C=O) groups is 1. The number of fused-ring (bicyclic) bond motifs is 1. The number of nitrogens with zero attached hydrogens (tertiary/aromatic N) is 2. The lowest BCUT2D eigenvalue weighted by Crippen LogP contribution is -2.26. The number of amides is 1. The molecule has 2 heterocycles. The van der Waals surface area contributed by atoms with E-state index in [0.717, 1.165) is 22.6 Å². The molecule has 1 aliphatic rings. The maximum Gasteiger partial charge on any atom is 0.262 e. The molecular weight excluding hydrogens is 400 g/mol. The molecule has 0 unspecified atom stereocenters.